The number of anilines is 1. The predicted octanol–water partition coefficient (Wildman–Crippen LogP) is 4.54. The summed E-state index contributed by atoms with van der Waals surface area (Å²) in [5, 5.41) is 24.5. The standard InChI is InChI=1S/C34H37NO10/c1-7-22-26(43-33-28(37)27(36)30(42-6)34(2,3)45-33)14-11-19-17-24(32(39)44-29(19)22)35-31(38)20-12-13-25(41-5)23(16-20)18-9-8-10-21(15-18)40-4/h8-17,27-28,30,33,36-37H,7H2,1-6H3,(H,35,38)/t27-,28+,30+,33+/m0/s1. The van der Waals surface area contributed by atoms with E-state index in [9.17, 15) is 19.8 Å². The summed E-state index contributed by atoms with van der Waals surface area (Å²) in [7, 11) is 4.55. The average Bonchev–Trinajstić information content (AvgIpc) is 3.03. The van der Waals surface area contributed by atoms with Crippen molar-refractivity contribution in [1.82, 2.24) is 0 Å². The third-order valence-electron chi connectivity index (χ3n) is 7.95. The number of fused-ring (bicyclic) bond motifs is 1. The van der Waals surface area contributed by atoms with Gasteiger partial charge in [0.15, 0.2) is 0 Å². The highest BCUT2D eigenvalue weighted by Gasteiger charge is 2.50. The Labute approximate surface area is 260 Å². The summed E-state index contributed by atoms with van der Waals surface area (Å²) in [5.41, 5.74) is 0.841. The normalized spacial score (nSPS) is 20.9. The van der Waals surface area contributed by atoms with Gasteiger partial charge in [0.05, 0.1) is 19.8 Å². The maximum Gasteiger partial charge on any atom is 0.360 e. The average molecular weight is 620 g/mol. The summed E-state index contributed by atoms with van der Waals surface area (Å²) in [6.45, 7) is 5.32. The molecule has 11 heteroatoms. The molecule has 11 nitrogen and oxygen atoms in total. The third kappa shape index (κ3) is 6.25. The lowest BCUT2D eigenvalue weighted by Gasteiger charge is -2.46. The molecule has 0 saturated carbocycles. The van der Waals surface area contributed by atoms with Gasteiger partial charge in [-0.1, -0.05) is 19.1 Å². The van der Waals surface area contributed by atoms with Crippen LogP contribution in [-0.4, -0.2) is 67.7 Å². The van der Waals surface area contributed by atoms with Crippen molar-refractivity contribution in [3.05, 3.63) is 82.2 Å². The van der Waals surface area contributed by atoms with E-state index in [-0.39, 0.29) is 11.3 Å². The van der Waals surface area contributed by atoms with Crippen molar-refractivity contribution in [3.63, 3.8) is 0 Å². The second kappa shape index (κ2) is 12.9. The summed E-state index contributed by atoms with van der Waals surface area (Å²) in [4.78, 5) is 26.4. The molecule has 0 unspecified atom stereocenters. The van der Waals surface area contributed by atoms with Crippen molar-refractivity contribution in [1.29, 1.82) is 0 Å². The molecule has 1 aromatic heterocycles. The van der Waals surface area contributed by atoms with Gasteiger partial charge in [0, 0.05) is 29.2 Å². The first-order chi connectivity index (χ1) is 21.5. The summed E-state index contributed by atoms with van der Waals surface area (Å²) in [6, 6.07) is 17.2. The Morgan fingerprint density at radius 1 is 0.956 bits per heavy atom. The molecular formula is C34H37NO10. The molecular weight excluding hydrogens is 582 g/mol. The molecule has 1 aliphatic rings. The molecule has 238 valence electrons. The van der Waals surface area contributed by atoms with E-state index in [1.54, 1.807) is 58.4 Å². The molecule has 4 atom stereocenters. The van der Waals surface area contributed by atoms with Gasteiger partial charge in [-0.2, -0.15) is 0 Å². The van der Waals surface area contributed by atoms with E-state index in [4.69, 9.17) is 28.1 Å². The number of carbonyl (C=O) groups is 1. The molecule has 0 spiro atoms. The van der Waals surface area contributed by atoms with Crippen molar-refractivity contribution >= 4 is 22.6 Å². The molecule has 45 heavy (non-hydrogen) atoms. The highest BCUT2D eigenvalue weighted by molar-refractivity contribution is 6.05. The zero-order chi connectivity index (χ0) is 32.5. The van der Waals surface area contributed by atoms with E-state index >= 15 is 0 Å². The van der Waals surface area contributed by atoms with Gasteiger partial charge in [0.1, 0.15) is 46.8 Å². The number of nitrogens with one attached hydrogen (secondary N) is 1. The monoisotopic (exact) mass is 619 g/mol. The van der Waals surface area contributed by atoms with Crippen LogP contribution in [0, 0.1) is 0 Å². The van der Waals surface area contributed by atoms with Gasteiger partial charge in [-0.05, 0) is 74.4 Å². The molecule has 3 N–H and O–H groups in total. The summed E-state index contributed by atoms with van der Waals surface area (Å²) in [6.07, 6.45) is -4.21. The number of methoxy groups -OCH3 is 3. The highest BCUT2D eigenvalue weighted by Crippen LogP contribution is 2.36. The third-order valence-corrected chi connectivity index (χ3v) is 7.95. The zero-order valence-electron chi connectivity index (χ0n) is 26.0. The number of carbonyl (C=O) groups excluding carboxylic acids is 1. The fourth-order valence-electron chi connectivity index (χ4n) is 5.65. The smallest absolute Gasteiger partial charge is 0.360 e. The molecule has 1 amide bonds. The van der Waals surface area contributed by atoms with E-state index in [0.717, 1.165) is 5.56 Å². The Bertz CT molecular complexity index is 1760. The van der Waals surface area contributed by atoms with Gasteiger partial charge < -0.3 is 43.6 Å². The van der Waals surface area contributed by atoms with Gasteiger partial charge in [0.2, 0.25) is 6.29 Å². The summed E-state index contributed by atoms with van der Waals surface area (Å²) < 4.78 is 33.9. The molecule has 1 saturated heterocycles. The van der Waals surface area contributed by atoms with Gasteiger partial charge >= 0.3 is 5.63 Å². The minimum Gasteiger partial charge on any atom is -0.497 e. The molecule has 0 bridgehead atoms. The maximum absolute atomic E-state index is 13.3. The minimum absolute atomic E-state index is 0.0384. The quantitative estimate of drug-likeness (QED) is 0.228. The first kappa shape index (κ1) is 32.0. The van der Waals surface area contributed by atoms with E-state index < -0.39 is 41.7 Å². The lowest BCUT2D eigenvalue weighted by molar-refractivity contribution is -0.306. The second-order valence-electron chi connectivity index (χ2n) is 11.2. The Kier molecular flexibility index (Phi) is 9.17. The van der Waals surface area contributed by atoms with Crippen LogP contribution in [-0.2, 0) is 15.9 Å². The van der Waals surface area contributed by atoms with Crippen LogP contribution in [0.25, 0.3) is 22.1 Å². The van der Waals surface area contributed by atoms with Crippen LogP contribution in [0.15, 0.2) is 69.9 Å². The number of rotatable bonds is 9. The molecule has 0 radical (unpaired) electrons. The summed E-state index contributed by atoms with van der Waals surface area (Å²) in [5.74, 6) is 1.03. The Morgan fingerprint density at radius 3 is 2.40 bits per heavy atom. The topological polar surface area (TPSA) is 146 Å². The SMILES string of the molecule is CCc1c(O[C@@H]2OC(C)(C)[C@H](OC)[C@@H](O)[C@H]2O)ccc2cc(NC(=O)c3ccc(OC)c(-c4cccc(OC)c4)c3)c(=O)oc12. The Balaban J connectivity index is 1.42. The van der Waals surface area contributed by atoms with Crippen molar-refractivity contribution in [2.24, 2.45) is 0 Å². The maximum atomic E-state index is 13.3. The number of aliphatic hydroxyl groups excluding tert-OH is 2. The van der Waals surface area contributed by atoms with E-state index in [2.05, 4.69) is 5.32 Å². The molecule has 2 heterocycles. The number of aliphatic hydroxyl groups is 2. The van der Waals surface area contributed by atoms with Gasteiger partial charge in [-0.15, -0.1) is 0 Å². The number of aryl methyl sites for hydroxylation is 1. The molecule has 3 aromatic carbocycles. The number of hydrogen-bond donors (Lipinski definition) is 3. The van der Waals surface area contributed by atoms with Gasteiger partial charge in [-0.25, -0.2) is 4.79 Å². The molecule has 4 aromatic rings. The largest absolute Gasteiger partial charge is 0.497 e. The first-order valence-electron chi connectivity index (χ1n) is 14.5. The number of benzene rings is 3. The van der Waals surface area contributed by atoms with Crippen molar-refractivity contribution < 1.29 is 43.1 Å². The van der Waals surface area contributed by atoms with Crippen LogP contribution in [0.1, 0.15) is 36.7 Å². The van der Waals surface area contributed by atoms with Gasteiger partial charge in [0.25, 0.3) is 5.91 Å². The van der Waals surface area contributed by atoms with Crippen LogP contribution in [0.2, 0.25) is 0 Å². The van der Waals surface area contributed by atoms with Crippen LogP contribution in [0.5, 0.6) is 17.2 Å². The Hall–Kier alpha value is -4.42. The fourth-order valence-corrected chi connectivity index (χ4v) is 5.65. The van der Waals surface area contributed by atoms with Crippen LogP contribution in [0.4, 0.5) is 5.69 Å². The highest BCUT2D eigenvalue weighted by atomic mass is 16.7. The number of hydrogen-bond acceptors (Lipinski definition) is 10. The Morgan fingerprint density at radius 2 is 1.71 bits per heavy atom. The van der Waals surface area contributed by atoms with E-state index in [0.29, 0.717) is 45.7 Å². The first-order valence-corrected chi connectivity index (χ1v) is 14.5. The lowest BCUT2D eigenvalue weighted by atomic mass is 9.89. The zero-order valence-corrected chi connectivity index (χ0v) is 26.0. The van der Waals surface area contributed by atoms with Crippen molar-refractivity contribution in [3.8, 4) is 28.4 Å². The van der Waals surface area contributed by atoms with Crippen molar-refractivity contribution in [2.75, 3.05) is 26.6 Å². The summed E-state index contributed by atoms with van der Waals surface area (Å²) >= 11 is 0. The van der Waals surface area contributed by atoms with Crippen LogP contribution < -0.4 is 25.2 Å². The van der Waals surface area contributed by atoms with Crippen LogP contribution >= 0.6 is 0 Å². The molecule has 1 aliphatic heterocycles. The predicted molar refractivity (Wildman–Crippen MR) is 167 cm³/mol. The van der Waals surface area contributed by atoms with E-state index in [1.165, 1.54) is 13.2 Å². The van der Waals surface area contributed by atoms with Crippen LogP contribution in [0.3, 0.4) is 0 Å². The fraction of sp³-hybridized carbons (Fsp3) is 0.353. The molecule has 5 rings (SSSR count). The van der Waals surface area contributed by atoms with E-state index in [1.807, 2.05) is 31.2 Å². The number of ether oxygens (including phenoxy) is 5. The molecule has 1 fully saturated rings. The second-order valence-corrected chi connectivity index (χ2v) is 11.2. The van der Waals surface area contributed by atoms with Crippen molar-refractivity contribution in [2.45, 2.75) is 57.4 Å². The minimum atomic E-state index is -1.39. The lowest BCUT2D eigenvalue weighted by Crippen LogP contribution is -2.63. The van der Waals surface area contributed by atoms with Gasteiger partial charge in [-0.3, -0.25) is 4.79 Å². The molecule has 0 aliphatic carbocycles. The number of amides is 1.